The first-order valence-electron chi connectivity index (χ1n) is 5.30. The Labute approximate surface area is 111 Å². The van der Waals surface area contributed by atoms with E-state index < -0.39 is 23.3 Å². The lowest BCUT2D eigenvalue weighted by atomic mass is 10.0. The van der Waals surface area contributed by atoms with Gasteiger partial charge in [-0.05, 0) is 36.8 Å². The van der Waals surface area contributed by atoms with Crippen LogP contribution in [0.3, 0.4) is 0 Å². The summed E-state index contributed by atoms with van der Waals surface area (Å²) in [5.41, 5.74) is -1.48. The van der Waals surface area contributed by atoms with Crippen LogP contribution in [-0.4, -0.2) is 11.1 Å². The van der Waals surface area contributed by atoms with Crippen molar-refractivity contribution in [2.24, 2.45) is 0 Å². The van der Waals surface area contributed by atoms with E-state index in [1.807, 2.05) is 6.92 Å². The Balaban J connectivity index is 2.59. The third-order valence-corrected chi connectivity index (χ3v) is 3.63. The molecular weight excluding hydrogens is 277 g/mol. The van der Waals surface area contributed by atoms with Crippen molar-refractivity contribution in [2.45, 2.75) is 13.1 Å². The Bertz CT molecular complexity index is 629. The molecule has 0 saturated heterocycles. The monoisotopic (exact) mass is 286 g/mol. The van der Waals surface area contributed by atoms with E-state index in [1.54, 1.807) is 12.1 Å². The number of alkyl halides is 3. The summed E-state index contributed by atoms with van der Waals surface area (Å²) < 4.78 is 38.5. The molecule has 1 aromatic carbocycles. The zero-order chi connectivity index (χ0) is 14.2. The van der Waals surface area contributed by atoms with E-state index in [9.17, 15) is 18.0 Å². The van der Waals surface area contributed by atoms with Gasteiger partial charge >= 0.3 is 12.1 Å². The summed E-state index contributed by atoms with van der Waals surface area (Å²) >= 11 is 1.36. The molecule has 0 fully saturated rings. The quantitative estimate of drug-likeness (QED) is 0.886. The summed E-state index contributed by atoms with van der Waals surface area (Å²) in [5, 5.41) is 8.80. The van der Waals surface area contributed by atoms with Crippen LogP contribution in [0, 0.1) is 6.92 Å². The maximum Gasteiger partial charge on any atom is 0.417 e. The highest BCUT2D eigenvalue weighted by molar-refractivity contribution is 7.15. The van der Waals surface area contributed by atoms with Crippen molar-refractivity contribution in [3.63, 3.8) is 0 Å². The molecular formula is C13H9F3O2S. The lowest BCUT2D eigenvalue weighted by Crippen LogP contribution is -2.12. The molecule has 0 bridgehead atoms. The second-order valence-corrected chi connectivity index (χ2v) is 5.26. The molecule has 2 rings (SSSR count). The van der Waals surface area contributed by atoms with Gasteiger partial charge in [-0.1, -0.05) is 6.07 Å². The van der Waals surface area contributed by atoms with Crippen LogP contribution in [0.25, 0.3) is 10.4 Å². The maximum absolute atomic E-state index is 12.8. The van der Waals surface area contributed by atoms with Gasteiger partial charge in [0, 0.05) is 9.75 Å². The number of aryl methyl sites for hydroxylation is 1. The Kier molecular flexibility index (Phi) is 3.36. The average molecular weight is 286 g/mol. The minimum Gasteiger partial charge on any atom is -0.478 e. The van der Waals surface area contributed by atoms with Crippen molar-refractivity contribution in [1.29, 1.82) is 0 Å². The van der Waals surface area contributed by atoms with Crippen LogP contribution >= 0.6 is 11.3 Å². The molecule has 1 aromatic heterocycles. The molecule has 2 nitrogen and oxygen atoms in total. The van der Waals surface area contributed by atoms with Gasteiger partial charge < -0.3 is 5.11 Å². The van der Waals surface area contributed by atoms with Gasteiger partial charge in [-0.3, -0.25) is 0 Å². The molecule has 0 aliphatic rings. The number of carbonyl (C=O) groups is 1. The lowest BCUT2D eigenvalue weighted by Gasteiger charge is -2.11. The molecule has 0 spiro atoms. The highest BCUT2D eigenvalue weighted by Crippen LogP contribution is 2.36. The molecule has 0 aliphatic carbocycles. The van der Waals surface area contributed by atoms with Crippen molar-refractivity contribution in [3.05, 3.63) is 46.3 Å². The van der Waals surface area contributed by atoms with Crippen LogP contribution < -0.4 is 0 Å². The molecule has 1 heterocycles. The molecule has 0 saturated carbocycles. The minimum atomic E-state index is -4.68. The summed E-state index contributed by atoms with van der Waals surface area (Å²) in [4.78, 5) is 12.5. The summed E-state index contributed by atoms with van der Waals surface area (Å²) in [6.45, 7) is 1.85. The topological polar surface area (TPSA) is 37.3 Å². The number of halogens is 3. The minimum absolute atomic E-state index is 0.371. The first-order chi connectivity index (χ1) is 8.79. The largest absolute Gasteiger partial charge is 0.478 e. The first-order valence-corrected chi connectivity index (χ1v) is 6.12. The van der Waals surface area contributed by atoms with Gasteiger partial charge in [0.25, 0.3) is 0 Å². The first kappa shape index (κ1) is 13.6. The van der Waals surface area contributed by atoms with Crippen molar-refractivity contribution in [2.75, 3.05) is 0 Å². The Morgan fingerprint density at radius 3 is 2.37 bits per heavy atom. The van der Waals surface area contributed by atoms with Gasteiger partial charge in [-0.15, -0.1) is 11.3 Å². The highest BCUT2D eigenvalue weighted by atomic mass is 32.1. The molecule has 0 amide bonds. The van der Waals surface area contributed by atoms with E-state index in [0.717, 1.165) is 17.0 Å². The van der Waals surface area contributed by atoms with Gasteiger partial charge in [0.15, 0.2) is 0 Å². The number of hydrogen-bond donors (Lipinski definition) is 1. The van der Waals surface area contributed by atoms with E-state index in [-0.39, 0.29) is 0 Å². The van der Waals surface area contributed by atoms with Crippen molar-refractivity contribution >= 4 is 17.3 Å². The van der Waals surface area contributed by atoms with Crippen molar-refractivity contribution in [1.82, 2.24) is 0 Å². The second kappa shape index (κ2) is 4.70. The molecule has 6 heteroatoms. The molecule has 100 valence electrons. The van der Waals surface area contributed by atoms with E-state index in [2.05, 4.69) is 0 Å². The lowest BCUT2D eigenvalue weighted by molar-refractivity contribution is -0.138. The third-order valence-electron chi connectivity index (χ3n) is 2.58. The molecule has 1 N–H and O–H groups in total. The predicted octanol–water partition coefficient (Wildman–Crippen LogP) is 4.44. The molecule has 0 aliphatic heterocycles. The van der Waals surface area contributed by atoms with Crippen LogP contribution in [0.4, 0.5) is 13.2 Å². The van der Waals surface area contributed by atoms with E-state index >= 15 is 0 Å². The average Bonchev–Trinajstić information content (AvgIpc) is 2.74. The van der Waals surface area contributed by atoms with E-state index in [0.29, 0.717) is 10.4 Å². The Hall–Kier alpha value is -1.82. The summed E-state index contributed by atoms with van der Waals surface area (Å²) in [7, 11) is 0. The van der Waals surface area contributed by atoms with Gasteiger partial charge in [0.05, 0.1) is 11.1 Å². The smallest absolute Gasteiger partial charge is 0.417 e. The fourth-order valence-corrected chi connectivity index (χ4v) is 2.57. The van der Waals surface area contributed by atoms with E-state index in [1.165, 1.54) is 17.4 Å². The number of aromatic carboxylic acids is 1. The number of rotatable bonds is 2. The standard InChI is InChI=1S/C13H9F3O2S/c1-7-2-5-11(19-7)8-3-4-9(12(17)18)10(6-8)13(14,15)16/h2-6H,1H3,(H,17,18). The summed E-state index contributed by atoms with van der Waals surface area (Å²) in [6, 6.07) is 6.79. The summed E-state index contributed by atoms with van der Waals surface area (Å²) in [6.07, 6.45) is -4.68. The maximum atomic E-state index is 12.8. The predicted molar refractivity (Wildman–Crippen MR) is 66.5 cm³/mol. The Morgan fingerprint density at radius 1 is 1.21 bits per heavy atom. The molecule has 0 radical (unpaired) electrons. The van der Waals surface area contributed by atoms with Crippen LogP contribution in [0.1, 0.15) is 20.8 Å². The number of carboxylic acid groups (broad SMARTS) is 1. The van der Waals surface area contributed by atoms with Crippen LogP contribution in [-0.2, 0) is 6.18 Å². The third kappa shape index (κ3) is 2.78. The number of benzene rings is 1. The fourth-order valence-electron chi connectivity index (χ4n) is 1.71. The number of carboxylic acids is 1. The molecule has 2 aromatic rings. The van der Waals surface area contributed by atoms with Crippen molar-refractivity contribution < 1.29 is 23.1 Å². The van der Waals surface area contributed by atoms with Gasteiger partial charge in [-0.2, -0.15) is 13.2 Å². The van der Waals surface area contributed by atoms with Crippen LogP contribution in [0.5, 0.6) is 0 Å². The molecule has 0 unspecified atom stereocenters. The van der Waals surface area contributed by atoms with Crippen LogP contribution in [0.2, 0.25) is 0 Å². The number of hydrogen-bond acceptors (Lipinski definition) is 2. The van der Waals surface area contributed by atoms with Crippen LogP contribution in [0.15, 0.2) is 30.3 Å². The summed E-state index contributed by atoms with van der Waals surface area (Å²) in [5.74, 6) is -1.58. The van der Waals surface area contributed by atoms with Gasteiger partial charge in [0.1, 0.15) is 0 Å². The van der Waals surface area contributed by atoms with E-state index in [4.69, 9.17) is 5.11 Å². The fraction of sp³-hybridized carbons (Fsp3) is 0.154. The van der Waals surface area contributed by atoms with Crippen molar-refractivity contribution in [3.8, 4) is 10.4 Å². The zero-order valence-corrected chi connectivity index (χ0v) is 10.6. The highest BCUT2D eigenvalue weighted by Gasteiger charge is 2.35. The number of thiophene rings is 1. The Morgan fingerprint density at radius 2 is 1.89 bits per heavy atom. The second-order valence-electron chi connectivity index (χ2n) is 3.97. The van der Waals surface area contributed by atoms with Gasteiger partial charge in [-0.25, -0.2) is 4.79 Å². The zero-order valence-electron chi connectivity index (χ0n) is 9.78. The van der Waals surface area contributed by atoms with Gasteiger partial charge in [0.2, 0.25) is 0 Å². The SMILES string of the molecule is Cc1ccc(-c2ccc(C(=O)O)c(C(F)(F)F)c2)s1. The molecule has 0 atom stereocenters. The molecule has 19 heavy (non-hydrogen) atoms. The normalized spacial score (nSPS) is 11.6.